The van der Waals surface area contributed by atoms with Crippen molar-refractivity contribution in [2.24, 2.45) is 12.5 Å². The molecule has 1 aromatic carbocycles. The Hall–Kier alpha value is -1.37. The van der Waals surface area contributed by atoms with Crippen LogP contribution in [-0.2, 0) is 7.05 Å². The number of hydrogen-bond acceptors (Lipinski definition) is 5. The van der Waals surface area contributed by atoms with Crippen LogP contribution in [0.3, 0.4) is 0 Å². The van der Waals surface area contributed by atoms with Gasteiger partial charge in [-0.15, -0.1) is 0 Å². The summed E-state index contributed by atoms with van der Waals surface area (Å²) in [7, 11) is 1.74. The molecule has 3 rings (SSSR count). The van der Waals surface area contributed by atoms with Crippen LogP contribution < -0.4 is 16.2 Å². The average Bonchev–Trinajstić information content (AvgIpc) is 2.66. The maximum atomic E-state index is 13.0. The van der Waals surface area contributed by atoms with Gasteiger partial charge in [0, 0.05) is 25.0 Å². The Labute approximate surface area is 173 Å². The Morgan fingerprint density at radius 1 is 1.30 bits per heavy atom. The van der Waals surface area contributed by atoms with Crippen LogP contribution in [0.15, 0.2) is 32.8 Å². The largest absolute Gasteiger partial charge is 0.382 e. The van der Waals surface area contributed by atoms with Gasteiger partial charge in [0.25, 0.3) is 5.56 Å². The van der Waals surface area contributed by atoms with Gasteiger partial charge in [-0.25, -0.2) is 0 Å². The van der Waals surface area contributed by atoms with Crippen LogP contribution in [0.5, 0.6) is 0 Å². The zero-order valence-corrected chi connectivity index (χ0v) is 18.1. The number of nitrogens with two attached hydrogens (primary N) is 1. The molecule has 2 aromatic rings. The van der Waals surface area contributed by atoms with Crippen molar-refractivity contribution in [1.29, 1.82) is 0 Å². The molecule has 0 radical (unpaired) electrons. The quantitative estimate of drug-likeness (QED) is 0.757. The molecule has 0 atom stereocenters. The van der Waals surface area contributed by atoms with Crippen molar-refractivity contribution in [2.75, 3.05) is 23.7 Å². The Morgan fingerprint density at radius 2 is 1.96 bits per heavy atom. The molecule has 1 aliphatic heterocycles. The molecule has 0 aliphatic carbocycles. The van der Waals surface area contributed by atoms with Crippen LogP contribution in [0, 0.1) is 5.41 Å². The SMILES string of the molecule is CCC1(C)CCN(c2nc(N)c(Sc3cccc(Cl)c3Cl)c(=O)n2C)CC1. The molecule has 0 bridgehead atoms. The van der Waals surface area contributed by atoms with Gasteiger partial charge >= 0.3 is 0 Å². The number of aromatic nitrogens is 2. The van der Waals surface area contributed by atoms with Gasteiger partial charge in [-0.2, -0.15) is 4.98 Å². The maximum absolute atomic E-state index is 13.0. The summed E-state index contributed by atoms with van der Waals surface area (Å²) in [6.45, 7) is 6.29. The summed E-state index contributed by atoms with van der Waals surface area (Å²) in [5.41, 5.74) is 6.35. The minimum atomic E-state index is -0.178. The third kappa shape index (κ3) is 4.08. The molecular formula is C19H24Cl2N4OS. The van der Waals surface area contributed by atoms with Crippen molar-refractivity contribution < 1.29 is 0 Å². The highest BCUT2D eigenvalue weighted by atomic mass is 35.5. The number of benzene rings is 1. The van der Waals surface area contributed by atoms with Crippen molar-refractivity contribution in [3.63, 3.8) is 0 Å². The summed E-state index contributed by atoms with van der Waals surface area (Å²) in [6.07, 6.45) is 3.31. The summed E-state index contributed by atoms with van der Waals surface area (Å²) in [4.78, 5) is 20.7. The lowest BCUT2D eigenvalue weighted by atomic mass is 9.78. The molecule has 1 aromatic heterocycles. The van der Waals surface area contributed by atoms with Gasteiger partial charge in [-0.05, 0) is 30.4 Å². The molecule has 0 saturated carbocycles. The predicted molar refractivity (Wildman–Crippen MR) is 114 cm³/mol. The molecule has 1 fully saturated rings. The highest BCUT2D eigenvalue weighted by molar-refractivity contribution is 7.99. The molecular weight excluding hydrogens is 403 g/mol. The Morgan fingerprint density at radius 3 is 2.59 bits per heavy atom. The van der Waals surface area contributed by atoms with E-state index in [1.54, 1.807) is 23.7 Å². The van der Waals surface area contributed by atoms with Crippen LogP contribution >= 0.6 is 35.0 Å². The predicted octanol–water partition coefficient (Wildman–Crippen LogP) is 4.84. The average molecular weight is 427 g/mol. The van der Waals surface area contributed by atoms with Gasteiger partial charge in [-0.3, -0.25) is 9.36 Å². The first kappa shape index (κ1) is 20.4. The van der Waals surface area contributed by atoms with Gasteiger partial charge in [0.2, 0.25) is 5.95 Å². The summed E-state index contributed by atoms with van der Waals surface area (Å²) in [5, 5.41) is 0.846. The van der Waals surface area contributed by atoms with Gasteiger partial charge < -0.3 is 10.6 Å². The van der Waals surface area contributed by atoms with E-state index in [1.807, 2.05) is 6.07 Å². The number of hydrogen-bond donors (Lipinski definition) is 1. The smallest absolute Gasteiger partial charge is 0.270 e. The van der Waals surface area contributed by atoms with Crippen molar-refractivity contribution >= 4 is 46.7 Å². The number of anilines is 2. The Kier molecular flexibility index (Phi) is 5.99. The van der Waals surface area contributed by atoms with E-state index in [0.29, 0.717) is 31.2 Å². The molecule has 1 saturated heterocycles. The van der Waals surface area contributed by atoms with Crippen molar-refractivity contribution in [3.8, 4) is 0 Å². The number of piperidine rings is 1. The van der Waals surface area contributed by atoms with E-state index in [-0.39, 0.29) is 11.4 Å². The van der Waals surface area contributed by atoms with E-state index < -0.39 is 0 Å². The lowest BCUT2D eigenvalue weighted by Gasteiger charge is -2.39. The Balaban J connectivity index is 1.91. The molecule has 0 spiro atoms. The van der Waals surface area contributed by atoms with Crippen molar-refractivity contribution in [2.45, 2.75) is 42.9 Å². The van der Waals surface area contributed by atoms with E-state index in [0.717, 1.165) is 32.4 Å². The Bertz CT molecular complexity index is 907. The zero-order valence-electron chi connectivity index (χ0n) is 15.8. The molecule has 2 heterocycles. The molecule has 0 amide bonds. The molecule has 8 heteroatoms. The number of nitrogen functional groups attached to an aromatic ring is 1. The lowest BCUT2D eigenvalue weighted by molar-refractivity contribution is 0.236. The van der Waals surface area contributed by atoms with Crippen LogP contribution in [0.25, 0.3) is 0 Å². The zero-order chi connectivity index (χ0) is 19.8. The fourth-order valence-corrected chi connectivity index (χ4v) is 4.65. The number of halogens is 2. The number of rotatable bonds is 4. The van der Waals surface area contributed by atoms with Gasteiger partial charge in [0.1, 0.15) is 10.7 Å². The second-order valence-corrected chi connectivity index (χ2v) is 9.13. The minimum Gasteiger partial charge on any atom is -0.382 e. The van der Waals surface area contributed by atoms with Gasteiger partial charge in [0.05, 0.1) is 10.0 Å². The van der Waals surface area contributed by atoms with E-state index in [1.165, 1.54) is 11.8 Å². The van der Waals surface area contributed by atoms with E-state index in [2.05, 4.69) is 23.7 Å². The minimum absolute atomic E-state index is 0.178. The first-order valence-electron chi connectivity index (χ1n) is 8.99. The summed E-state index contributed by atoms with van der Waals surface area (Å²) >= 11 is 13.5. The standard InChI is InChI=1S/C19H24Cl2N4OS/c1-4-19(2)8-10-25(11-9-19)18-23-16(22)15(17(26)24(18)3)27-13-7-5-6-12(20)14(13)21/h5-7H,4,8-11,22H2,1-3H3. The van der Waals surface area contributed by atoms with Crippen LogP contribution in [-0.4, -0.2) is 22.6 Å². The summed E-state index contributed by atoms with van der Waals surface area (Å²) in [6, 6.07) is 5.30. The van der Waals surface area contributed by atoms with E-state index in [4.69, 9.17) is 28.9 Å². The van der Waals surface area contributed by atoms with Gasteiger partial charge in [-0.1, -0.05) is 61.3 Å². The van der Waals surface area contributed by atoms with Crippen LogP contribution in [0.4, 0.5) is 11.8 Å². The molecule has 5 nitrogen and oxygen atoms in total. The van der Waals surface area contributed by atoms with Crippen molar-refractivity contribution in [3.05, 3.63) is 38.6 Å². The highest BCUT2D eigenvalue weighted by Gasteiger charge is 2.30. The third-order valence-corrected chi connectivity index (χ3v) is 7.57. The fourth-order valence-electron chi connectivity index (χ4n) is 3.24. The first-order valence-corrected chi connectivity index (χ1v) is 10.6. The second-order valence-electron chi connectivity index (χ2n) is 7.30. The maximum Gasteiger partial charge on any atom is 0.270 e. The second kappa shape index (κ2) is 7.94. The monoisotopic (exact) mass is 426 g/mol. The van der Waals surface area contributed by atoms with Crippen molar-refractivity contribution in [1.82, 2.24) is 9.55 Å². The molecule has 0 unspecified atom stereocenters. The fraction of sp³-hybridized carbons (Fsp3) is 0.474. The molecule has 27 heavy (non-hydrogen) atoms. The molecule has 1 aliphatic rings. The van der Waals surface area contributed by atoms with Gasteiger partial charge in [0.15, 0.2) is 0 Å². The molecule has 146 valence electrons. The van der Waals surface area contributed by atoms with Crippen LogP contribution in [0.2, 0.25) is 10.0 Å². The topological polar surface area (TPSA) is 64.2 Å². The normalized spacial score (nSPS) is 16.6. The van der Waals surface area contributed by atoms with E-state index >= 15 is 0 Å². The summed E-state index contributed by atoms with van der Waals surface area (Å²) in [5.74, 6) is 0.843. The first-order chi connectivity index (χ1) is 12.8. The molecule has 2 N–H and O–H groups in total. The van der Waals surface area contributed by atoms with Crippen LogP contribution in [0.1, 0.15) is 33.1 Å². The van der Waals surface area contributed by atoms with E-state index in [9.17, 15) is 4.79 Å². The number of nitrogens with zero attached hydrogens (tertiary/aromatic N) is 3. The third-order valence-electron chi connectivity index (χ3n) is 5.49. The lowest BCUT2D eigenvalue weighted by Crippen LogP contribution is -2.41. The highest BCUT2D eigenvalue weighted by Crippen LogP contribution is 2.38. The summed E-state index contributed by atoms with van der Waals surface area (Å²) < 4.78 is 1.58.